The summed E-state index contributed by atoms with van der Waals surface area (Å²) < 4.78 is 18.4. The zero-order valence-electron chi connectivity index (χ0n) is 11.2. The number of carbonyl (C=O) groups is 1. The van der Waals surface area contributed by atoms with Crippen LogP contribution in [0.1, 0.15) is 30.6 Å². The van der Waals surface area contributed by atoms with E-state index < -0.39 is 11.7 Å². The highest BCUT2D eigenvalue weighted by molar-refractivity contribution is 5.97. The van der Waals surface area contributed by atoms with Gasteiger partial charge >= 0.3 is 0 Å². The molecule has 4 nitrogen and oxygen atoms in total. The van der Waals surface area contributed by atoms with Crippen molar-refractivity contribution in [1.29, 1.82) is 0 Å². The van der Waals surface area contributed by atoms with E-state index in [2.05, 4.69) is 5.32 Å². The van der Waals surface area contributed by atoms with Crippen LogP contribution in [0.25, 0.3) is 0 Å². The molecule has 0 spiro atoms. The fourth-order valence-corrected chi connectivity index (χ4v) is 2.46. The molecule has 2 atom stereocenters. The second-order valence-corrected chi connectivity index (χ2v) is 5.47. The summed E-state index contributed by atoms with van der Waals surface area (Å²) in [7, 11) is 1.64. The zero-order valence-corrected chi connectivity index (χ0v) is 11.2. The van der Waals surface area contributed by atoms with Crippen LogP contribution in [0.5, 0.6) is 5.75 Å². The zero-order chi connectivity index (χ0) is 14.2. The lowest BCUT2D eigenvalue weighted by atomic mass is 9.64. The Hall–Kier alpha value is -1.62. The monoisotopic (exact) mass is 267 g/mol. The Morgan fingerprint density at radius 2 is 2.21 bits per heavy atom. The van der Waals surface area contributed by atoms with Gasteiger partial charge in [0.25, 0.3) is 5.91 Å². The molecule has 0 heterocycles. The largest absolute Gasteiger partial charge is 0.507 e. The first kappa shape index (κ1) is 13.8. The molecule has 19 heavy (non-hydrogen) atoms. The summed E-state index contributed by atoms with van der Waals surface area (Å²) in [5.41, 5.74) is -0.218. The van der Waals surface area contributed by atoms with E-state index in [1.54, 1.807) is 7.11 Å². The molecule has 1 amide bonds. The van der Waals surface area contributed by atoms with Crippen molar-refractivity contribution in [3.05, 3.63) is 29.6 Å². The van der Waals surface area contributed by atoms with Crippen LogP contribution in [-0.4, -0.2) is 30.3 Å². The van der Waals surface area contributed by atoms with Gasteiger partial charge in [0.05, 0.1) is 11.7 Å². The number of ether oxygens (including phenoxy) is 1. The van der Waals surface area contributed by atoms with E-state index in [9.17, 15) is 14.3 Å². The minimum absolute atomic E-state index is 0.0448. The summed E-state index contributed by atoms with van der Waals surface area (Å²) in [5.74, 6) is -1.24. The smallest absolute Gasteiger partial charge is 0.255 e. The molecule has 2 rings (SSSR count). The molecular formula is C14H18FNO3. The molecule has 0 aromatic heterocycles. The standard InChI is InChI=1S/C14H18FNO3/c1-14(2)11(7-12(14)19-3)16-13(18)9-6-8(15)4-5-10(9)17/h4-6,11-12,17H,7H2,1-3H3,(H,16,18). The highest BCUT2D eigenvalue weighted by Crippen LogP contribution is 2.42. The van der Waals surface area contributed by atoms with E-state index in [4.69, 9.17) is 4.74 Å². The fraction of sp³-hybridized carbons (Fsp3) is 0.500. The highest BCUT2D eigenvalue weighted by atomic mass is 19.1. The van der Waals surface area contributed by atoms with Crippen LogP contribution in [0.4, 0.5) is 4.39 Å². The normalized spacial score (nSPS) is 24.6. The number of nitrogens with one attached hydrogen (secondary N) is 1. The number of phenols is 1. The Morgan fingerprint density at radius 3 is 2.79 bits per heavy atom. The average molecular weight is 267 g/mol. The first-order chi connectivity index (χ1) is 8.86. The third-order valence-corrected chi connectivity index (χ3v) is 3.97. The van der Waals surface area contributed by atoms with Crippen molar-refractivity contribution in [1.82, 2.24) is 5.32 Å². The Bertz CT molecular complexity index is 501. The maximum absolute atomic E-state index is 13.1. The SMILES string of the molecule is COC1CC(NC(=O)c2cc(F)ccc2O)C1(C)C. The molecule has 1 aromatic carbocycles. The molecule has 1 aliphatic rings. The van der Waals surface area contributed by atoms with Gasteiger partial charge in [0.15, 0.2) is 0 Å². The van der Waals surface area contributed by atoms with Gasteiger partial charge in [0.1, 0.15) is 11.6 Å². The molecule has 1 aliphatic carbocycles. The van der Waals surface area contributed by atoms with Crippen molar-refractivity contribution in [2.75, 3.05) is 7.11 Å². The Kier molecular flexibility index (Phi) is 3.49. The van der Waals surface area contributed by atoms with Crippen molar-refractivity contribution in [3.8, 4) is 5.75 Å². The van der Waals surface area contributed by atoms with Crippen LogP contribution in [-0.2, 0) is 4.74 Å². The number of hydrogen-bond acceptors (Lipinski definition) is 3. The number of phenolic OH excluding ortho intramolecular Hbond substituents is 1. The molecule has 2 unspecified atom stereocenters. The van der Waals surface area contributed by atoms with E-state index in [-0.39, 0.29) is 28.9 Å². The number of benzene rings is 1. The summed E-state index contributed by atoms with van der Waals surface area (Å²) in [4.78, 5) is 12.0. The van der Waals surface area contributed by atoms with Gasteiger partial charge < -0.3 is 15.2 Å². The van der Waals surface area contributed by atoms with Crippen molar-refractivity contribution in [3.63, 3.8) is 0 Å². The number of hydrogen-bond donors (Lipinski definition) is 2. The molecule has 2 N–H and O–H groups in total. The summed E-state index contributed by atoms with van der Waals surface area (Å²) in [6.07, 6.45) is 0.810. The summed E-state index contributed by atoms with van der Waals surface area (Å²) in [6.45, 7) is 4.00. The number of aromatic hydroxyl groups is 1. The minimum Gasteiger partial charge on any atom is -0.507 e. The molecule has 104 valence electrons. The van der Waals surface area contributed by atoms with Gasteiger partial charge in [0.2, 0.25) is 0 Å². The lowest BCUT2D eigenvalue weighted by Gasteiger charge is -2.51. The first-order valence-corrected chi connectivity index (χ1v) is 6.18. The van der Waals surface area contributed by atoms with E-state index in [1.807, 2.05) is 13.8 Å². The lowest BCUT2D eigenvalue weighted by Crippen LogP contribution is -2.61. The van der Waals surface area contributed by atoms with E-state index >= 15 is 0 Å². The van der Waals surface area contributed by atoms with Gasteiger partial charge in [-0.1, -0.05) is 13.8 Å². The van der Waals surface area contributed by atoms with Gasteiger partial charge in [-0.25, -0.2) is 4.39 Å². The van der Waals surface area contributed by atoms with Gasteiger partial charge in [0, 0.05) is 18.6 Å². The molecule has 1 saturated carbocycles. The van der Waals surface area contributed by atoms with Gasteiger partial charge in [-0.05, 0) is 24.6 Å². The number of methoxy groups -OCH3 is 1. The van der Waals surface area contributed by atoms with Crippen molar-refractivity contribution >= 4 is 5.91 Å². The molecule has 0 aliphatic heterocycles. The van der Waals surface area contributed by atoms with E-state index in [0.29, 0.717) is 6.42 Å². The maximum Gasteiger partial charge on any atom is 0.255 e. The Morgan fingerprint density at radius 1 is 1.53 bits per heavy atom. The topological polar surface area (TPSA) is 58.6 Å². The third-order valence-electron chi connectivity index (χ3n) is 3.97. The molecule has 5 heteroatoms. The predicted octanol–water partition coefficient (Wildman–Crippen LogP) is 2.07. The summed E-state index contributed by atoms with van der Waals surface area (Å²) >= 11 is 0. The number of amides is 1. The molecule has 0 bridgehead atoms. The fourth-order valence-electron chi connectivity index (χ4n) is 2.46. The van der Waals surface area contributed by atoms with Gasteiger partial charge in [-0.15, -0.1) is 0 Å². The number of rotatable bonds is 3. The summed E-state index contributed by atoms with van der Waals surface area (Å²) in [6, 6.07) is 3.27. The summed E-state index contributed by atoms with van der Waals surface area (Å²) in [5, 5.41) is 12.4. The van der Waals surface area contributed by atoms with Gasteiger partial charge in [-0.3, -0.25) is 4.79 Å². The Balaban J connectivity index is 2.09. The van der Waals surface area contributed by atoms with Crippen LogP contribution in [0, 0.1) is 11.2 Å². The Labute approximate surface area is 111 Å². The highest BCUT2D eigenvalue weighted by Gasteiger charge is 2.49. The van der Waals surface area contributed by atoms with Crippen molar-refractivity contribution < 1.29 is 19.0 Å². The van der Waals surface area contributed by atoms with Gasteiger partial charge in [-0.2, -0.15) is 0 Å². The molecule has 1 aromatic rings. The predicted molar refractivity (Wildman–Crippen MR) is 68.5 cm³/mol. The van der Waals surface area contributed by atoms with Crippen LogP contribution in [0.15, 0.2) is 18.2 Å². The number of halogens is 1. The van der Waals surface area contributed by atoms with Crippen LogP contribution in [0.2, 0.25) is 0 Å². The first-order valence-electron chi connectivity index (χ1n) is 6.18. The molecule has 1 fully saturated rings. The second-order valence-electron chi connectivity index (χ2n) is 5.47. The minimum atomic E-state index is -0.550. The van der Waals surface area contributed by atoms with Crippen LogP contribution < -0.4 is 5.32 Å². The number of carbonyl (C=O) groups excluding carboxylic acids is 1. The van der Waals surface area contributed by atoms with Crippen molar-refractivity contribution in [2.45, 2.75) is 32.4 Å². The quantitative estimate of drug-likeness (QED) is 0.881. The lowest BCUT2D eigenvalue weighted by molar-refractivity contribution is -0.0942. The second kappa shape index (κ2) is 4.81. The molecule has 0 saturated heterocycles. The molecule has 0 radical (unpaired) electrons. The maximum atomic E-state index is 13.1. The van der Waals surface area contributed by atoms with E-state index in [1.165, 1.54) is 6.07 Å². The third kappa shape index (κ3) is 2.42. The van der Waals surface area contributed by atoms with Crippen molar-refractivity contribution in [2.24, 2.45) is 5.41 Å². The van der Waals surface area contributed by atoms with Crippen LogP contribution >= 0.6 is 0 Å². The van der Waals surface area contributed by atoms with Crippen LogP contribution in [0.3, 0.4) is 0 Å². The average Bonchev–Trinajstić information content (AvgIpc) is 2.36. The molecular weight excluding hydrogens is 249 g/mol. The van der Waals surface area contributed by atoms with E-state index in [0.717, 1.165) is 12.1 Å².